The Morgan fingerprint density at radius 3 is 2.15 bits per heavy atom. The molecule has 2 rings (SSSR count). The van der Waals surface area contributed by atoms with Crippen LogP contribution in [0.15, 0.2) is 40.9 Å². The molecule has 0 heterocycles. The summed E-state index contributed by atoms with van der Waals surface area (Å²) in [4.78, 5) is 0. The van der Waals surface area contributed by atoms with Crippen LogP contribution in [0.2, 0.25) is 0 Å². The fourth-order valence-electron chi connectivity index (χ4n) is 1.90. The summed E-state index contributed by atoms with van der Waals surface area (Å²) in [5.41, 5.74) is 3.37. The van der Waals surface area contributed by atoms with Gasteiger partial charge in [-0.15, -0.1) is 0 Å². The van der Waals surface area contributed by atoms with Gasteiger partial charge in [0.05, 0.1) is 14.2 Å². The van der Waals surface area contributed by atoms with Crippen LogP contribution < -0.4 is 9.47 Å². The van der Waals surface area contributed by atoms with Gasteiger partial charge in [0.1, 0.15) is 11.5 Å². The summed E-state index contributed by atoms with van der Waals surface area (Å²) in [5, 5.41) is 0. The molecule has 0 aliphatic rings. The van der Waals surface area contributed by atoms with Gasteiger partial charge in [-0.25, -0.2) is 0 Å². The molecule has 0 aromatic heterocycles. The Morgan fingerprint density at radius 1 is 0.900 bits per heavy atom. The standard InChI is InChI=1S/C17H17BrO2/c1-12-10-16(20-3)11-14(17(12)18)7-4-13-5-8-15(19-2)9-6-13/h4-11H,1-3H3/b7-4+. The van der Waals surface area contributed by atoms with Crippen molar-refractivity contribution in [3.05, 3.63) is 57.6 Å². The second-order valence-electron chi connectivity index (χ2n) is 4.45. The lowest BCUT2D eigenvalue weighted by molar-refractivity contribution is 0.414. The van der Waals surface area contributed by atoms with E-state index < -0.39 is 0 Å². The van der Waals surface area contributed by atoms with Crippen molar-refractivity contribution in [2.75, 3.05) is 14.2 Å². The maximum Gasteiger partial charge on any atom is 0.119 e. The van der Waals surface area contributed by atoms with Crippen molar-refractivity contribution < 1.29 is 9.47 Å². The molecule has 0 fully saturated rings. The van der Waals surface area contributed by atoms with E-state index in [9.17, 15) is 0 Å². The fraction of sp³-hybridized carbons (Fsp3) is 0.176. The number of hydrogen-bond donors (Lipinski definition) is 0. The normalized spacial score (nSPS) is 10.8. The van der Waals surface area contributed by atoms with Crippen LogP contribution in [0.4, 0.5) is 0 Å². The molecular weight excluding hydrogens is 316 g/mol. The van der Waals surface area contributed by atoms with Gasteiger partial charge >= 0.3 is 0 Å². The molecule has 2 aromatic rings. The number of halogens is 1. The predicted octanol–water partition coefficient (Wildman–Crippen LogP) is 4.95. The van der Waals surface area contributed by atoms with Crippen LogP contribution in [0, 0.1) is 6.92 Å². The summed E-state index contributed by atoms with van der Waals surface area (Å²) in [7, 11) is 3.35. The molecular formula is C17H17BrO2. The van der Waals surface area contributed by atoms with E-state index in [1.165, 1.54) is 0 Å². The molecule has 104 valence electrons. The molecule has 0 bridgehead atoms. The smallest absolute Gasteiger partial charge is 0.119 e. The molecule has 0 atom stereocenters. The Kier molecular flexibility index (Phi) is 4.85. The van der Waals surface area contributed by atoms with E-state index >= 15 is 0 Å². The van der Waals surface area contributed by atoms with E-state index in [-0.39, 0.29) is 0 Å². The maximum atomic E-state index is 5.30. The summed E-state index contributed by atoms with van der Waals surface area (Å²) < 4.78 is 11.5. The minimum atomic E-state index is 0.861. The van der Waals surface area contributed by atoms with Crippen molar-refractivity contribution >= 4 is 28.1 Å². The summed E-state index contributed by atoms with van der Waals surface area (Å²) >= 11 is 3.61. The first-order valence-corrected chi connectivity index (χ1v) is 7.09. The van der Waals surface area contributed by atoms with Gasteiger partial charge in [-0.1, -0.05) is 24.3 Å². The van der Waals surface area contributed by atoms with Crippen molar-refractivity contribution in [3.63, 3.8) is 0 Å². The number of rotatable bonds is 4. The van der Waals surface area contributed by atoms with E-state index in [0.29, 0.717) is 0 Å². The highest BCUT2D eigenvalue weighted by Gasteiger charge is 2.03. The minimum absolute atomic E-state index is 0.861. The van der Waals surface area contributed by atoms with Gasteiger partial charge in [0.2, 0.25) is 0 Å². The number of benzene rings is 2. The molecule has 0 aliphatic carbocycles. The Balaban J connectivity index is 2.28. The Morgan fingerprint density at radius 2 is 1.55 bits per heavy atom. The molecule has 0 radical (unpaired) electrons. The van der Waals surface area contributed by atoms with Gasteiger partial charge in [-0.3, -0.25) is 0 Å². The van der Waals surface area contributed by atoms with Crippen LogP contribution in [-0.4, -0.2) is 14.2 Å². The zero-order chi connectivity index (χ0) is 14.5. The zero-order valence-electron chi connectivity index (χ0n) is 11.8. The van der Waals surface area contributed by atoms with Crippen LogP contribution in [0.3, 0.4) is 0 Å². The van der Waals surface area contributed by atoms with Crippen molar-refractivity contribution in [1.82, 2.24) is 0 Å². The highest BCUT2D eigenvalue weighted by Crippen LogP contribution is 2.28. The summed E-state index contributed by atoms with van der Waals surface area (Å²) in [5.74, 6) is 1.72. The minimum Gasteiger partial charge on any atom is -0.497 e. The monoisotopic (exact) mass is 332 g/mol. The quantitative estimate of drug-likeness (QED) is 0.738. The van der Waals surface area contributed by atoms with E-state index in [4.69, 9.17) is 9.47 Å². The van der Waals surface area contributed by atoms with Crippen molar-refractivity contribution in [2.24, 2.45) is 0 Å². The van der Waals surface area contributed by atoms with Crippen LogP contribution in [0.25, 0.3) is 12.2 Å². The summed E-state index contributed by atoms with van der Waals surface area (Å²) in [6.45, 7) is 2.05. The van der Waals surface area contributed by atoms with Gasteiger partial charge in [0.25, 0.3) is 0 Å². The Labute approximate surface area is 128 Å². The topological polar surface area (TPSA) is 18.5 Å². The first-order valence-electron chi connectivity index (χ1n) is 6.30. The second-order valence-corrected chi connectivity index (χ2v) is 5.25. The molecule has 2 aromatic carbocycles. The molecule has 0 saturated heterocycles. The lowest BCUT2D eigenvalue weighted by atomic mass is 10.1. The van der Waals surface area contributed by atoms with Gasteiger partial charge in [-0.2, -0.15) is 0 Å². The lowest BCUT2D eigenvalue weighted by Crippen LogP contribution is -1.88. The molecule has 20 heavy (non-hydrogen) atoms. The summed E-state index contributed by atoms with van der Waals surface area (Å²) in [6, 6.07) is 12.0. The molecule has 0 aliphatic heterocycles. The molecule has 2 nitrogen and oxygen atoms in total. The summed E-state index contributed by atoms with van der Waals surface area (Å²) in [6.07, 6.45) is 4.14. The number of ether oxygens (including phenoxy) is 2. The molecule has 0 amide bonds. The van der Waals surface area contributed by atoms with Crippen LogP contribution in [0.1, 0.15) is 16.7 Å². The number of methoxy groups -OCH3 is 2. The Bertz CT molecular complexity index is 616. The van der Waals surface area contributed by atoms with E-state index in [1.807, 2.05) is 36.4 Å². The highest BCUT2D eigenvalue weighted by atomic mass is 79.9. The van der Waals surface area contributed by atoms with Crippen LogP contribution in [-0.2, 0) is 0 Å². The maximum absolute atomic E-state index is 5.30. The van der Waals surface area contributed by atoms with E-state index in [2.05, 4.69) is 35.0 Å². The number of aryl methyl sites for hydroxylation is 1. The van der Waals surface area contributed by atoms with Crippen LogP contribution >= 0.6 is 15.9 Å². The number of hydrogen-bond acceptors (Lipinski definition) is 2. The third-order valence-electron chi connectivity index (χ3n) is 3.06. The molecule has 0 N–H and O–H groups in total. The van der Waals surface area contributed by atoms with Crippen molar-refractivity contribution in [2.45, 2.75) is 6.92 Å². The molecule has 0 saturated carbocycles. The van der Waals surface area contributed by atoms with Gasteiger partial charge < -0.3 is 9.47 Å². The average molecular weight is 333 g/mol. The average Bonchev–Trinajstić information content (AvgIpc) is 2.49. The van der Waals surface area contributed by atoms with Crippen LogP contribution in [0.5, 0.6) is 11.5 Å². The third-order valence-corrected chi connectivity index (χ3v) is 4.15. The largest absolute Gasteiger partial charge is 0.497 e. The lowest BCUT2D eigenvalue weighted by Gasteiger charge is -2.07. The first kappa shape index (κ1) is 14.7. The van der Waals surface area contributed by atoms with E-state index in [1.54, 1.807) is 14.2 Å². The van der Waals surface area contributed by atoms with E-state index in [0.717, 1.165) is 32.7 Å². The second kappa shape index (κ2) is 6.62. The first-order chi connectivity index (χ1) is 9.63. The van der Waals surface area contributed by atoms with Gasteiger partial charge in [0, 0.05) is 4.47 Å². The SMILES string of the molecule is COc1ccc(/C=C/c2cc(OC)cc(C)c2Br)cc1. The third kappa shape index (κ3) is 3.42. The van der Waals surface area contributed by atoms with Gasteiger partial charge in [0.15, 0.2) is 0 Å². The molecule has 0 spiro atoms. The molecule has 3 heteroatoms. The predicted molar refractivity (Wildman–Crippen MR) is 87.4 cm³/mol. The zero-order valence-corrected chi connectivity index (χ0v) is 13.4. The van der Waals surface area contributed by atoms with Crippen molar-refractivity contribution in [3.8, 4) is 11.5 Å². The Hall–Kier alpha value is -1.74. The highest BCUT2D eigenvalue weighted by molar-refractivity contribution is 9.10. The van der Waals surface area contributed by atoms with Crippen molar-refractivity contribution in [1.29, 1.82) is 0 Å². The van der Waals surface area contributed by atoms with Gasteiger partial charge in [-0.05, 0) is 63.8 Å². The molecule has 0 unspecified atom stereocenters. The fourth-order valence-corrected chi connectivity index (χ4v) is 2.26.